The van der Waals surface area contributed by atoms with Crippen LogP contribution in [0.15, 0.2) is 0 Å². The number of hydrogen-bond donors (Lipinski definition) is 2. The van der Waals surface area contributed by atoms with Crippen LogP contribution in [-0.4, -0.2) is 29.2 Å². The molecule has 1 aliphatic heterocycles. The maximum Gasteiger partial charge on any atom is 0.225 e. The number of anilines is 2. The fourth-order valence-corrected chi connectivity index (χ4v) is 2.06. The van der Waals surface area contributed by atoms with Crippen LogP contribution in [0.5, 0.6) is 0 Å². The summed E-state index contributed by atoms with van der Waals surface area (Å²) in [7, 11) is 0. The van der Waals surface area contributed by atoms with Crippen molar-refractivity contribution in [1.82, 2.24) is 9.97 Å². The Morgan fingerprint density at radius 2 is 1.94 bits per heavy atom. The Balaban J connectivity index is 2.18. The first-order valence-electron chi connectivity index (χ1n) is 5.16. The van der Waals surface area contributed by atoms with E-state index in [2.05, 4.69) is 15.3 Å². The van der Waals surface area contributed by atoms with Gasteiger partial charge in [0.25, 0.3) is 0 Å². The summed E-state index contributed by atoms with van der Waals surface area (Å²) in [4.78, 5) is 7.65. The van der Waals surface area contributed by atoms with Crippen molar-refractivity contribution in [2.45, 2.75) is 18.9 Å². The fourth-order valence-electron chi connectivity index (χ4n) is 1.64. The molecule has 0 radical (unpaired) electrons. The maximum atomic E-state index is 10.8. The molecule has 1 aromatic heterocycles. The molecule has 2 N–H and O–H groups in total. The molecular weight excluding hydrogens is 267 g/mol. The first-order valence-corrected chi connectivity index (χ1v) is 5.91. The predicted octanol–water partition coefficient (Wildman–Crippen LogP) is 2.28. The number of nitrogens with zero attached hydrogens (tertiary/aromatic N) is 2. The normalized spacial score (nSPS) is 16.9. The Hall–Kier alpha value is -0.820. The molecule has 1 saturated heterocycles. The van der Waals surface area contributed by atoms with E-state index in [0.29, 0.717) is 19.0 Å². The standard InChI is InChI=1S/C9H11Cl2N4O2/c10-7-6(15-16)8(14-9(11)13-7)12-5-1-3-17-4-2-5/h5,15H,1-4H2,(H,12,13,14)/q-1. The van der Waals surface area contributed by atoms with E-state index < -0.39 is 0 Å². The van der Waals surface area contributed by atoms with Gasteiger partial charge in [0, 0.05) is 19.3 Å². The minimum absolute atomic E-state index is 0.00330. The summed E-state index contributed by atoms with van der Waals surface area (Å²) >= 11 is 11.5. The Bertz CT molecular complexity index is 399. The zero-order valence-electron chi connectivity index (χ0n) is 8.87. The van der Waals surface area contributed by atoms with Crippen LogP contribution in [0.3, 0.4) is 0 Å². The van der Waals surface area contributed by atoms with Gasteiger partial charge in [-0.3, -0.25) is 0 Å². The molecule has 1 aliphatic rings. The Morgan fingerprint density at radius 3 is 2.59 bits per heavy atom. The highest BCUT2D eigenvalue weighted by atomic mass is 35.5. The molecule has 8 heteroatoms. The fraction of sp³-hybridized carbons (Fsp3) is 0.556. The second-order valence-electron chi connectivity index (χ2n) is 3.64. The van der Waals surface area contributed by atoms with Gasteiger partial charge in [0.1, 0.15) is 5.69 Å². The molecule has 0 atom stereocenters. The average molecular weight is 278 g/mol. The van der Waals surface area contributed by atoms with Crippen molar-refractivity contribution >= 4 is 34.7 Å². The Morgan fingerprint density at radius 1 is 1.24 bits per heavy atom. The molecule has 2 heterocycles. The monoisotopic (exact) mass is 277 g/mol. The number of rotatable bonds is 3. The first-order chi connectivity index (χ1) is 8.20. The highest BCUT2D eigenvalue weighted by Crippen LogP contribution is 2.29. The smallest absolute Gasteiger partial charge is 0.225 e. The molecule has 0 aliphatic carbocycles. The molecule has 0 spiro atoms. The van der Waals surface area contributed by atoms with Crippen molar-refractivity contribution in [3.8, 4) is 0 Å². The van der Waals surface area contributed by atoms with Gasteiger partial charge in [-0.05, 0) is 24.4 Å². The molecule has 0 unspecified atom stereocenters. The van der Waals surface area contributed by atoms with Crippen molar-refractivity contribution < 1.29 is 4.74 Å². The Kier molecular flexibility index (Phi) is 4.22. The summed E-state index contributed by atoms with van der Waals surface area (Å²) in [6, 6.07) is 0.192. The second kappa shape index (κ2) is 5.68. The predicted molar refractivity (Wildman–Crippen MR) is 66.5 cm³/mol. The maximum absolute atomic E-state index is 10.8. The van der Waals surface area contributed by atoms with Crippen molar-refractivity contribution in [3.63, 3.8) is 0 Å². The molecule has 94 valence electrons. The molecule has 6 nitrogen and oxygen atoms in total. The van der Waals surface area contributed by atoms with Crippen LogP contribution in [0.2, 0.25) is 10.4 Å². The van der Waals surface area contributed by atoms with Gasteiger partial charge in [0.05, 0.1) is 0 Å². The van der Waals surface area contributed by atoms with Gasteiger partial charge in [0.15, 0.2) is 11.0 Å². The van der Waals surface area contributed by atoms with E-state index in [9.17, 15) is 5.21 Å². The summed E-state index contributed by atoms with van der Waals surface area (Å²) in [6.07, 6.45) is 1.69. The van der Waals surface area contributed by atoms with E-state index >= 15 is 0 Å². The summed E-state index contributed by atoms with van der Waals surface area (Å²) < 4.78 is 5.24. The van der Waals surface area contributed by atoms with Crippen LogP contribution in [0.4, 0.5) is 11.5 Å². The van der Waals surface area contributed by atoms with Gasteiger partial charge >= 0.3 is 0 Å². The van der Waals surface area contributed by atoms with Crippen molar-refractivity contribution in [1.29, 1.82) is 0 Å². The van der Waals surface area contributed by atoms with Crippen LogP contribution in [0.1, 0.15) is 12.8 Å². The van der Waals surface area contributed by atoms with Crippen LogP contribution in [0.25, 0.3) is 0 Å². The SMILES string of the molecule is [O-]Nc1c(Cl)nc(Cl)nc1NC1CCOCC1. The molecule has 1 aromatic rings. The third-order valence-corrected chi connectivity index (χ3v) is 2.94. The van der Waals surface area contributed by atoms with Crippen LogP contribution in [0, 0.1) is 5.21 Å². The highest BCUT2D eigenvalue weighted by Gasteiger charge is 2.17. The molecule has 0 amide bonds. The van der Waals surface area contributed by atoms with Crippen molar-refractivity contribution in [2.24, 2.45) is 0 Å². The highest BCUT2D eigenvalue weighted by molar-refractivity contribution is 6.34. The molecular formula is C9H11Cl2N4O2-. The lowest BCUT2D eigenvalue weighted by Crippen LogP contribution is -2.28. The van der Waals surface area contributed by atoms with Gasteiger partial charge in [-0.25, -0.2) is 4.98 Å². The average Bonchev–Trinajstić information content (AvgIpc) is 2.30. The Labute approximate surface area is 108 Å². The summed E-state index contributed by atoms with van der Waals surface area (Å²) in [5.41, 5.74) is 1.83. The zero-order valence-corrected chi connectivity index (χ0v) is 10.4. The molecule has 2 rings (SSSR count). The summed E-state index contributed by atoms with van der Waals surface area (Å²) in [6.45, 7) is 1.37. The lowest BCUT2D eigenvalue weighted by atomic mass is 10.1. The zero-order chi connectivity index (χ0) is 12.3. The van der Waals surface area contributed by atoms with Crippen LogP contribution >= 0.6 is 23.2 Å². The lowest BCUT2D eigenvalue weighted by Gasteiger charge is -2.25. The molecule has 17 heavy (non-hydrogen) atoms. The van der Waals surface area contributed by atoms with E-state index in [1.807, 2.05) is 0 Å². The summed E-state index contributed by atoms with van der Waals surface area (Å²) in [5.74, 6) is 0.330. The van der Waals surface area contributed by atoms with Gasteiger partial charge < -0.3 is 20.7 Å². The summed E-state index contributed by atoms with van der Waals surface area (Å²) in [5, 5.41) is 13.9. The number of nitrogens with one attached hydrogen (secondary N) is 2. The third kappa shape index (κ3) is 3.10. The van der Waals surface area contributed by atoms with Crippen LogP contribution < -0.4 is 10.8 Å². The van der Waals surface area contributed by atoms with E-state index in [-0.39, 0.29) is 22.2 Å². The lowest BCUT2D eigenvalue weighted by molar-refractivity contribution is 0.0904. The number of hydrogen-bond acceptors (Lipinski definition) is 6. The molecule has 0 bridgehead atoms. The van der Waals surface area contributed by atoms with Gasteiger partial charge in [-0.15, -0.1) is 0 Å². The third-order valence-electron chi connectivity index (χ3n) is 2.50. The molecule has 1 fully saturated rings. The van der Waals surface area contributed by atoms with Crippen LogP contribution in [-0.2, 0) is 4.74 Å². The van der Waals surface area contributed by atoms with E-state index in [1.165, 1.54) is 0 Å². The largest absolute Gasteiger partial charge is 0.761 e. The van der Waals surface area contributed by atoms with Crippen molar-refractivity contribution in [3.05, 3.63) is 15.6 Å². The van der Waals surface area contributed by atoms with Gasteiger partial charge in [0.2, 0.25) is 5.28 Å². The molecule has 0 aromatic carbocycles. The molecule has 0 saturated carbocycles. The van der Waals surface area contributed by atoms with Gasteiger partial charge in [-0.2, -0.15) is 4.98 Å². The second-order valence-corrected chi connectivity index (χ2v) is 4.34. The topological polar surface area (TPSA) is 82.1 Å². The van der Waals surface area contributed by atoms with E-state index in [0.717, 1.165) is 12.8 Å². The first kappa shape index (κ1) is 12.6. The quantitative estimate of drug-likeness (QED) is 0.501. The number of ether oxygens (including phenoxy) is 1. The van der Waals surface area contributed by atoms with Gasteiger partial charge in [-0.1, -0.05) is 11.6 Å². The van der Waals surface area contributed by atoms with E-state index in [4.69, 9.17) is 27.9 Å². The number of halogens is 2. The number of aromatic nitrogens is 2. The van der Waals surface area contributed by atoms with Crippen molar-refractivity contribution in [2.75, 3.05) is 24.0 Å². The minimum atomic E-state index is 0.00330. The minimum Gasteiger partial charge on any atom is -0.761 e. The van der Waals surface area contributed by atoms with E-state index in [1.54, 1.807) is 5.48 Å².